The van der Waals surface area contributed by atoms with Crippen LogP contribution in [0.5, 0.6) is 0 Å². The molecule has 1 aliphatic carbocycles. The predicted molar refractivity (Wildman–Crippen MR) is 32.4 cm³/mol. The lowest BCUT2D eigenvalue weighted by Crippen LogP contribution is -3.11. The third-order valence-electron chi connectivity index (χ3n) is 1.52. The van der Waals surface area contributed by atoms with Gasteiger partial charge in [0, 0.05) is 6.42 Å². The standard InChI is InChI=1S/C6H11NO/c1-2-7(8)6-4-3-5-6/h3-4,6-7H,2,5H2,1H3. The Bertz CT molecular complexity index is 101. The van der Waals surface area contributed by atoms with Gasteiger partial charge in [-0.2, -0.15) is 0 Å². The summed E-state index contributed by atoms with van der Waals surface area (Å²) >= 11 is 0. The van der Waals surface area contributed by atoms with Gasteiger partial charge in [0.05, 0.1) is 6.54 Å². The van der Waals surface area contributed by atoms with E-state index < -0.39 is 0 Å². The SMILES string of the molecule is CC[NH+]([O-])C1C=CC1. The van der Waals surface area contributed by atoms with E-state index in [1.807, 2.05) is 19.1 Å². The second-order valence-electron chi connectivity index (χ2n) is 2.09. The van der Waals surface area contributed by atoms with Gasteiger partial charge in [-0.25, -0.2) is 0 Å². The molecule has 2 heteroatoms. The molecule has 0 aromatic rings. The summed E-state index contributed by atoms with van der Waals surface area (Å²) in [4.78, 5) is 0. The van der Waals surface area contributed by atoms with Crippen LogP contribution in [0.3, 0.4) is 0 Å². The Hall–Kier alpha value is -0.340. The Balaban J connectivity index is 2.25. The highest BCUT2D eigenvalue weighted by atomic mass is 16.5. The normalized spacial score (nSPS) is 29.5. The number of likely N-dealkylation sites (N-methyl/N-ethyl adjacent to an activating group) is 1. The van der Waals surface area contributed by atoms with Crippen molar-refractivity contribution in [1.82, 2.24) is 0 Å². The van der Waals surface area contributed by atoms with Crippen LogP contribution in [0.1, 0.15) is 13.3 Å². The summed E-state index contributed by atoms with van der Waals surface area (Å²) in [6.07, 6.45) is 5.00. The molecule has 8 heavy (non-hydrogen) atoms. The number of rotatable bonds is 2. The van der Waals surface area contributed by atoms with Gasteiger partial charge in [-0.3, -0.25) is 0 Å². The first-order valence-corrected chi connectivity index (χ1v) is 3.04. The van der Waals surface area contributed by atoms with E-state index in [0.29, 0.717) is 11.6 Å². The van der Waals surface area contributed by atoms with Crippen LogP contribution in [-0.2, 0) is 0 Å². The molecule has 0 saturated carbocycles. The van der Waals surface area contributed by atoms with Gasteiger partial charge in [-0.05, 0) is 13.0 Å². The van der Waals surface area contributed by atoms with E-state index in [4.69, 9.17) is 0 Å². The second-order valence-corrected chi connectivity index (χ2v) is 2.09. The molecule has 1 aliphatic rings. The Labute approximate surface area is 49.4 Å². The molecule has 1 rings (SSSR count). The molecule has 2 nitrogen and oxygen atoms in total. The fourth-order valence-corrected chi connectivity index (χ4v) is 0.773. The zero-order valence-corrected chi connectivity index (χ0v) is 5.05. The van der Waals surface area contributed by atoms with Gasteiger partial charge in [-0.15, -0.1) is 0 Å². The van der Waals surface area contributed by atoms with Crippen molar-refractivity contribution in [3.8, 4) is 0 Å². The van der Waals surface area contributed by atoms with Crippen LogP contribution in [-0.4, -0.2) is 12.6 Å². The molecular weight excluding hydrogens is 102 g/mol. The Morgan fingerprint density at radius 1 is 1.88 bits per heavy atom. The van der Waals surface area contributed by atoms with Crippen LogP contribution in [0.25, 0.3) is 0 Å². The zero-order chi connectivity index (χ0) is 5.98. The summed E-state index contributed by atoms with van der Waals surface area (Å²) in [5, 5.41) is 11.1. The van der Waals surface area contributed by atoms with Crippen molar-refractivity contribution < 1.29 is 5.06 Å². The molecule has 0 radical (unpaired) electrons. The van der Waals surface area contributed by atoms with Crippen molar-refractivity contribution in [1.29, 1.82) is 0 Å². The maximum absolute atomic E-state index is 10.7. The highest BCUT2D eigenvalue weighted by molar-refractivity contribution is 5.02. The van der Waals surface area contributed by atoms with E-state index in [0.717, 1.165) is 6.42 Å². The molecule has 2 atom stereocenters. The topological polar surface area (TPSA) is 27.5 Å². The molecule has 0 amide bonds. The van der Waals surface area contributed by atoms with Gasteiger partial charge in [0.15, 0.2) is 0 Å². The van der Waals surface area contributed by atoms with Crippen LogP contribution < -0.4 is 5.06 Å². The third-order valence-corrected chi connectivity index (χ3v) is 1.52. The van der Waals surface area contributed by atoms with Crippen LogP contribution in [0.4, 0.5) is 0 Å². The third kappa shape index (κ3) is 0.904. The van der Waals surface area contributed by atoms with E-state index in [9.17, 15) is 5.21 Å². The summed E-state index contributed by atoms with van der Waals surface area (Å²) in [7, 11) is 0. The first-order chi connectivity index (χ1) is 3.84. The van der Waals surface area contributed by atoms with Crippen LogP contribution >= 0.6 is 0 Å². The predicted octanol–water partition coefficient (Wildman–Crippen LogP) is -0.282. The molecule has 0 heterocycles. The van der Waals surface area contributed by atoms with Gasteiger partial charge in [0.1, 0.15) is 6.04 Å². The van der Waals surface area contributed by atoms with Crippen LogP contribution in [0.2, 0.25) is 0 Å². The first kappa shape index (κ1) is 5.79. The zero-order valence-electron chi connectivity index (χ0n) is 5.05. The Morgan fingerprint density at radius 2 is 2.50 bits per heavy atom. The fourth-order valence-electron chi connectivity index (χ4n) is 0.773. The van der Waals surface area contributed by atoms with Crippen LogP contribution in [0.15, 0.2) is 12.2 Å². The van der Waals surface area contributed by atoms with E-state index >= 15 is 0 Å². The number of hydrogen-bond donors (Lipinski definition) is 1. The van der Waals surface area contributed by atoms with Crippen molar-refractivity contribution in [2.75, 3.05) is 6.54 Å². The van der Waals surface area contributed by atoms with Crippen molar-refractivity contribution in [2.24, 2.45) is 0 Å². The molecule has 0 fully saturated rings. The molecule has 0 saturated heterocycles. The van der Waals surface area contributed by atoms with Gasteiger partial charge in [0.2, 0.25) is 0 Å². The summed E-state index contributed by atoms with van der Waals surface area (Å²) in [5.74, 6) is 0. The molecule has 2 unspecified atom stereocenters. The fraction of sp³-hybridized carbons (Fsp3) is 0.667. The van der Waals surface area contributed by atoms with E-state index in [-0.39, 0.29) is 6.04 Å². The van der Waals surface area contributed by atoms with E-state index in [1.165, 1.54) is 0 Å². The molecule has 0 aromatic carbocycles. The van der Waals surface area contributed by atoms with Crippen molar-refractivity contribution >= 4 is 0 Å². The minimum atomic E-state index is 0.278. The summed E-state index contributed by atoms with van der Waals surface area (Å²) < 4.78 is 0. The monoisotopic (exact) mass is 113 g/mol. The lowest BCUT2D eigenvalue weighted by molar-refractivity contribution is -0.867. The Morgan fingerprint density at radius 3 is 2.62 bits per heavy atom. The molecule has 0 aromatic heterocycles. The highest BCUT2D eigenvalue weighted by Gasteiger charge is 2.14. The molecule has 0 bridgehead atoms. The molecule has 1 N–H and O–H groups in total. The average Bonchev–Trinajstić information content (AvgIpc) is 1.62. The number of nitrogens with one attached hydrogen (secondary N) is 1. The van der Waals surface area contributed by atoms with E-state index in [2.05, 4.69) is 0 Å². The van der Waals surface area contributed by atoms with Gasteiger partial charge in [-0.1, -0.05) is 6.08 Å². The number of hydroxylamine groups is 2. The maximum Gasteiger partial charge on any atom is 0.109 e. The molecule has 0 spiro atoms. The van der Waals surface area contributed by atoms with Crippen molar-refractivity contribution in [2.45, 2.75) is 19.4 Å². The minimum Gasteiger partial charge on any atom is -0.634 e. The number of quaternary nitrogens is 1. The summed E-state index contributed by atoms with van der Waals surface area (Å²) in [6, 6.07) is 0.278. The minimum absolute atomic E-state index is 0.278. The summed E-state index contributed by atoms with van der Waals surface area (Å²) in [6.45, 7) is 2.60. The molecule has 46 valence electrons. The van der Waals surface area contributed by atoms with Crippen molar-refractivity contribution in [3.05, 3.63) is 17.4 Å². The number of hydrogen-bond acceptors (Lipinski definition) is 1. The Kier molecular flexibility index (Phi) is 1.65. The van der Waals surface area contributed by atoms with Gasteiger partial charge in [0.25, 0.3) is 0 Å². The second kappa shape index (κ2) is 2.29. The maximum atomic E-state index is 10.7. The smallest absolute Gasteiger partial charge is 0.109 e. The quantitative estimate of drug-likeness (QED) is 0.387. The van der Waals surface area contributed by atoms with Crippen LogP contribution in [0, 0.1) is 5.21 Å². The van der Waals surface area contributed by atoms with E-state index in [1.54, 1.807) is 0 Å². The molecule has 0 aliphatic heterocycles. The summed E-state index contributed by atoms with van der Waals surface area (Å²) in [5.41, 5.74) is 0. The van der Waals surface area contributed by atoms with Gasteiger partial charge < -0.3 is 10.3 Å². The highest BCUT2D eigenvalue weighted by Crippen LogP contribution is 2.02. The largest absolute Gasteiger partial charge is 0.634 e. The lowest BCUT2D eigenvalue weighted by Gasteiger charge is -2.31. The van der Waals surface area contributed by atoms with Crippen molar-refractivity contribution in [3.63, 3.8) is 0 Å². The molecular formula is C6H11NO. The average molecular weight is 113 g/mol. The first-order valence-electron chi connectivity index (χ1n) is 3.04. The van der Waals surface area contributed by atoms with Gasteiger partial charge >= 0.3 is 0 Å². The lowest BCUT2D eigenvalue weighted by atomic mass is 10.0.